The van der Waals surface area contributed by atoms with Crippen LogP contribution in [0.1, 0.15) is 156 Å². The maximum absolute atomic E-state index is 6.46. The molecule has 32 heavy (non-hydrogen) atoms. The Labute approximate surface area is 204 Å². The van der Waals surface area contributed by atoms with E-state index in [9.17, 15) is 0 Å². The Balaban J connectivity index is 3.58. The quantitative estimate of drug-likeness (QED) is 0.0928. The van der Waals surface area contributed by atoms with Crippen LogP contribution in [0, 0.1) is 0 Å². The summed E-state index contributed by atoms with van der Waals surface area (Å²) in [5.74, 6) is 0. The molecule has 0 amide bonds. The van der Waals surface area contributed by atoms with Crippen LogP contribution in [0.4, 0.5) is 0 Å². The summed E-state index contributed by atoms with van der Waals surface area (Å²) in [5.41, 5.74) is 1.98. The Morgan fingerprint density at radius 3 is 1.44 bits per heavy atom. The van der Waals surface area contributed by atoms with Gasteiger partial charge in [-0.25, -0.2) is 0 Å². The molecule has 0 bridgehead atoms. The second kappa shape index (κ2) is 24.0. The third-order valence-corrected chi connectivity index (χ3v) is 8.97. The van der Waals surface area contributed by atoms with Crippen molar-refractivity contribution in [3.63, 3.8) is 0 Å². The topological polar surface area (TPSA) is 18.5 Å². The highest BCUT2D eigenvalue weighted by Crippen LogP contribution is 2.20. The van der Waals surface area contributed by atoms with Gasteiger partial charge in [-0.1, -0.05) is 136 Å². The SMILES string of the molecule is C=C[Si](C)(OCCCCCCCCCCCCCCCCCC)OC(CCC)CCCC. The molecule has 0 rings (SSSR count). The van der Waals surface area contributed by atoms with Crippen LogP contribution in [-0.4, -0.2) is 21.3 Å². The Morgan fingerprint density at radius 1 is 0.594 bits per heavy atom. The van der Waals surface area contributed by atoms with Crippen LogP contribution >= 0.6 is 0 Å². The molecule has 0 saturated carbocycles. The molecule has 0 aliphatic carbocycles. The lowest BCUT2D eigenvalue weighted by molar-refractivity contribution is 0.108. The van der Waals surface area contributed by atoms with Gasteiger partial charge in [-0.15, -0.1) is 6.58 Å². The fourth-order valence-electron chi connectivity index (χ4n) is 4.41. The molecule has 0 aromatic heterocycles. The van der Waals surface area contributed by atoms with Gasteiger partial charge in [-0.05, 0) is 31.5 Å². The molecule has 0 spiro atoms. The van der Waals surface area contributed by atoms with Gasteiger partial charge in [0.2, 0.25) is 0 Å². The lowest BCUT2D eigenvalue weighted by Crippen LogP contribution is -2.41. The predicted octanol–water partition coefficient (Wildman–Crippen LogP) is 10.4. The minimum absolute atomic E-state index is 0.348. The van der Waals surface area contributed by atoms with Gasteiger partial charge in [0, 0.05) is 12.7 Å². The van der Waals surface area contributed by atoms with Gasteiger partial charge in [0.1, 0.15) is 0 Å². The molecule has 2 unspecified atom stereocenters. The van der Waals surface area contributed by atoms with Crippen molar-refractivity contribution in [1.82, 2.24) is 0 Å². The molecule has 0 heterocycles. The van der Waals surface area contributed by atoms with E-state index >= 15 is 0 Å². The van der Waals surface area contributed by atoms with E-state index in [1.807, 2.05) is 5.70 Å². The predicted molar refractivity (Wildman–Crippen MR) is 147 cm³/mol. The third kappa shape index (κ3) is 20.5. The molecule has 0 aliphatic heterocycles. The Hall–Kier alpha value is -0.123. The lowest BCUT2D eigenvalue weighted by atomic mass is 10.0. The first kappa shape index (κ1) is 31.9. The average molecular weight is 469 g/mol. The van der Waals surface area contributed by atoms with E-state index in [0.717, 1.165) is 25.9 Å². The van der Waals surface area contributed by atoms with Gasteiger partial charge in [-0.2, -0.15) is 0 Å². The Bertz CT molecular complexity index is 387. The molecule has 192 valence electrons. The highest BCUT2D eigenvalue weighted by molar-refractivity contribution is 6.71. The maximum Gasteiger partial charge on any atom is 0.361 e. The van der Waals surface area contributed by atoms with Crippen molar-refractivity contribution >= 4 is 8.56 Å². The monoisotopic (exact) mass is 468 g/mol. The Morgan fingerprint density at radius 2 is 1.03 bits per heavy atom. The summed E-state index contributed by atoms with van der Waals surface area (Å²) in [6.45, 7) is 13.8. The molecule has 3 heteroatoms. The molecule has 0 aromatic rings. The highest BCUT2D eigenvalue weighted by atomic mass is 28.4. The minimum Gasteiger partial charge on any atom is -0.391 e. The molecule has 2 nitrogen and oxygen atoms in total. The molecule has 0 fully saturated rings. The van der Waals surface area contributed by atoms with E-state index in [2.05, 4.69) is 33.9 Å². The van der Waals surface area contributed by atoms with E-state index in [1.165, 1.54) is 116 Å². The van der Waals surface area contributed by atoms with Crippen LogP contribution < -0.4 is 0 Å². The molecule has 0 saturated heterocycles. The number of hydrogen-bond acceptors (Lipinski definition) is 2. The van der Waals surface area contributed by atoms with Crippen LogP contribution in [-0.2, 0) is 8.85 Å². The summed E-state index contributed by atoms with van der Waals surface area (Å²) in [6, 6.07) is 0. The van der Waals surface area contributed by atoms with E-state index in [4.69, 9.17) is 8.85 Å². The van der Waals surface area contributed by atoms with Crippen LogP contribution in [0.5, 0.6) is 0 Å². The van der Waals surface area contributed by atoms with Gasteiger partial charge < -0.3 is 8.85 Å². The van der Waals surface area contributed by atoms with Gasteiger partial charge in [0.25, 0.3) is 0 Å². The van der Waals surface area contributed by atoms with E-state index in [0.29, 0.717) is 6.10 Å². The molecule has 0 radical (unpaired) electrons. The first-order chi connectivity index (χ1) is 15.6. The molecule has 0 aromatic carbocycles. The van der Waals surface area contributed by atoms with Crippen molar-refractivity contribution in [2.45, 2.75) is 168 Å². The molecular formula is C29H60O2Si. The summed E-state index contributed by atoms with van der Waals surface area (Å²) in [5, 5.41) is 0. The van der Waals surface area contributed by atoms with Gasteiger partial charge >= 0.3 is 8.56 Å². The number of hydrogen-bond donors (Lipinski definition) is 0. The zero-order valence-electron chi connectivity index (χ0n) is 22.7. The van der Waals surface area contributed by atoms with Crippen LogP contribution in [0.15, 0.2) is 12.3 Å². The third-order valence-electron chi connectivity index (χ3n) is 6.65. The largest absolute Gasteiger partial charge is 0.391 e. The lowest BCUT2D eigenvalue weighted by Gasteiger charge is -2.29. The van der Waals surface area contributed by atoms with Crippen molar-refractivity contribution < 1.29 is 8.85 Å². The average Bonchev–Trinajstić information content (AvgIpc) is 2.79. The highest BCUT2D eigenvalue weighted by Gasteiger charge is 2.30. The summed E-state index contributed by atoms with van der Waals surface area (Å²) in [7, 11) is -2.22. The fraction of sp³-hybridized carbons (Fsp3) is 0.931. The van der Waals surface area contributed by atoms with Crippen molar-refractivity contribution in [2.75, 3.05) is 6.61 Å². The smallest absolute Gasteiger partial charge is 0.361 e. The van der Waals surface area contributed by atoms with Gasteiger partial charge in [0.05, 0.1) is 0 Å². The Kier molecular flexibility index (Phi) is 23.9. The standard InChI is InChI=1S/C29H60O2Si/c1-6-10-12-13-14-15-16-17-18-19-20-21-22-23-24-25-28-30-32(5,9-4)31-29(26-8-3)27-11-7-2/h9,29H,4,6-8,10-28H2,1-3,5H3. The summed E-state index contributed by atoms with van der Waals surface area (Å²) >= 11 is 0. The molecule has 0 N–H and O–H groups in total. The number of rotatable bonds is 26. The van der Waals surface area contributed by atoms with Crippen molar-refractivity contribution in [3.8, 4) is 0 Å². The normalized spacial score (nSPS) is 14.4. The second-order valence-corrected chi connectivity index (χ2v) is 13.0. The minimum atomic E-state index is -2.22. The summed E-state index contributed by atoms with van der Waals surface area (Å²) in [4.78, 5) is 0. The van der Waals surface area contributed by atoms with E-state index < -0.39 is 8.56 Å². The van der Waals surface area contributed by atoms with Crippen LogP contribution in [0.25, 0.3) is 0 Å². The molecule has 0 aliphatic rings. The van der Waals surface area contributed by atoms with Crippen LogP contribution in [0.3, 0.4) is 0 Å². The maximum atomic E-state index is 6.46. The summed E-state index contributed by atoms with van der Waals surface area (Å²) in [6.07, 6.45) is 28.7. The zero-order valence-corrected chi connectivity index (χ0v) is 23.7. The molecular weight excluding hydrogens is 408 g/mol. The summed E-state index contributed by atoms with van der Waals surface area (Å²) < 4.78 is 12.7. The molecule has 2 atom stereocenters. The van der Waals surface area contributed by atoms with Crippen molar-refractivity contribution in [3.05, 3.63) is 12.3 Å². The van der Waals surface area contributed by atoms with Gasteiger partial charge in [-0.3, -0.25) is 0 Å². The van der Waals surface area contributed by atoms with E-state index in [-0.39, 0.29) is 0 Å². The number of unbranched alkanes of at least 4 members (excludes halogenated alkanes) is 16. The second-order valence-electron chi connectivity index (χ2n) is 10.0. The van der Waals surface area contributed by atoms with Crippen molar-refractivity contribution in [2.24, 2.45) is 0 Å². The first-order valence-electron chi connectivity index (χ1n) is 14.6. The van der Waals surface area contributed by atoms with Crippen LogP contribution in [0.2, 0.25) is 6.55 Å². The van der Waals surface area contributed by atoms with E-state index in [1.54, 1.807) is 0 Å². The fourth-order valence-corrected chi connectivity index (χ4v) is 6.14. The van der Waals surface area contributed by atoms with Gasteiger partial charge in [0.15, 0.2) is 0 Å². The first-order valence-corrected chi connectivity index (χ1v) is 17.0. The zero-order chi connectivity index (χ0) is 23.8. The van der Waals surface area contributed by atoms with Crippen molar-refractivity contribution in [1.29, 1.82) is 0 Å².